The molecule has 6 nitrogen and oxygen atoms in total. The van der Waals surface area contributed by atoms with Gasteiger partial charge >= 0.3 is 0 Å². The van der Waals surface area contributed by atoms with E-state index in [0.29, 0.717) is 0 Å². The van der Waals surface area contributed by atoms with Crippen LogP contribution in [0.2, 0.25) is 0 Å². The summed E-state index contributed by atoms with van der Waals surface area (Å²) < 4.78 is 50.5. The van der Waals surface area contributed by atoms with E-state index in [1.807, 2.05) is 0 Å². The molecule has 1 saturated carbocycles. The van der Waals surface area contributed by atoms with E-state index in [4.69, 9.17) is 5.73 Å². The molecule has 1 aromatic carbocycles. The Labute approximate surface area is 138 Å². The molecule has 0 aliphatic heterocycles. The number of nitrogens with one attached hydrogen (secondary N) is 1. The molecule has 1 atom stereocenters. The molecule has 1 fully saturated rings. The quantitative estimate of drug-likeness (QED) is 0.795. The number of nitrogens with two attached hydrogens (primary N) is 1. The SMILES string of the molecule is CS(=O)(=O)c1ccc(S(=O)(=O)NC(CN)C2CCCCC2)cc1. The van der Waals surface area contributed by atoms with Gasteiger partial charge in [-0.15, -0.1) is 0 Å². The minimum Gasteiger partial charge on any atom is -0.329 e. The first-order valence-corrected chi connectivity index (χ1v) is 11.1. The predicted octanol–water partition coefficient (Wildman–Crippen LogP) is 1.28. The van der Waals surface area contributed by atoms with Crippen LogP contribution in [0.15, 0.2) is 34.1 Å². The summed E-state index contributed by atoms with van der Waals surface area (Å²) in [4.78, 5) is 0.151. The van der Waals surface area contributed by atoms with Gasteiger partial charge in [0.1, 0.15) is 0 Å². The Hall–Kier alpha value is -0.960. The lowest BCUT2D eigenvalue weighted by atomic mass is 9.84. The molecule has 0 spiro atoms. The molecule has 1 aliphatic carbocycles. The molecule has 23 heavy (non-hydrogen) atoms. The van der Waals surface area contributed by atoms with E-state index in [-0.39, 0.29) is 28.3 Å². The Balaban J connectivity index is 2.16. The number of sulfone groups is 1. The van der Waals surface area contributed by atoms with Crippen molar-refractivity contribution in [2.45, 2.75) is 47.9 Å². The Kier molecular flexibility index (Phi) is 5.83. The smallest absolute Gasteiger partial charge is 0.240 e. The van der Waals surface area contributed by atoms with Gasteiger partial charge in [0.05, 0.1) is 9.79 Å². The van der Waals surface area contributed by atoms with Crippen molar-refractivity contribution >= 4 is 19.9 Å². The molecule has 0 saturated heterocycles. The monoisotopic (exact) mass is 360 g/mol. The van der Waals surface area contributed by atoms with E-state index in [1.54, 1.807) is 0 Å². The van der Waals surface area contributed by atoms with E-state index in [9.17, 15) is 16.8 Å². The van der Waals surface area contributed by atoms with Gasteiger partial charge < -0.3 is 5.73 Å². The summed E-state index contributed by atoms with van der Waals surface area (Å²) in [6.45, 7) is 0.255. The molecule has 0 bridgehead atoms. The zero-order chi connectivity index (χ0) is 17.1. The van der Waals surface area contributed by atoms with Crippen LogP contribution in [-0.4, -0.2) is 35.7 Å². The Morgan fingerprint density at radius 1 is 1.04 bits per heavy atom. The summed E-state index contributed by atoms with van der Waals surface area (Å²) in [6, 6.07) is 4.96. The molecule has 0 radical (unpaired) electrons. The zero-order valence-electron chi connectivity index (χ0n) is 13.2. The predicted molar refractivity (Wildman–Crippen MR) is 89.3 cm³/mol. The van der Waals surface area contributed by atoms with Crippen LogP contribution >= 0.6 is 0 Å². The van der Waals surface area contributed by atoms with Crippen LogP contribution in [0.3, 0.4) is 0 Å². The maximum atomic E-state index is 12.5. The van der Waals surface area contributed by atoms with Crippen molar-refractivity contribution < 1.29 is 16.8 Å². The minimum absolute atomic E-state index is 0.0548. The second-order valence-electron chi connectivity index (χ2n) is 6.11. The van der Waals surface area contributed by atoms with Crippen LogP contribution in [0.4, 0.5) is 0 Å². The van der Waals surface area contributed by atoms with Crippen molar-refractivity contribution in [3.05, 3.63) is 24.3 Å². The molecule has 0 aromatic heterocycles. The molecular weight excluding hydrogens is 336 g/mol. The third-order valence-corrected chi connectivity index (χ3v) is 6.98. The normalized spacial score (nSPS) is 18.7. The fourth-order valence-corrected chi connectivity index (χ4v) is 4.95. The molecule has 130 valence electrons. The summed E-state index contributed by atoms with van der Waals surface area (Å²) in [5, 5.41) is 0. The van der Waals surface area contributed by atoms with E-state index in [2.05, 4.69) is 4.72 Å². The van der Waals surface area contributed by atoms with Crippen molar-refractivity contribution in [2.24, 2.45) is 11.7 Å². The van der Waals surface area contributed by atoms with Crippen LogP contribution in [0.1, 0.15) is 32.1 Å². The minimum atomic E-state index is -3.71. The van der Waals surface area contributed by atoms with Crippen molar-refractivity contribution in [3.63, 3.8) is 0 Å². The topological polar surface area (TPSA) is 106 Å². The number of hydrogen-bond donors (Lipinski definition) is 2. The largest absolute Gasteiger partial charge is 0.329 e. The van der Waals surface area contributed by atoms with Gasteiger partial charge in [0.25, 0.3) is 0 Å². The second-order valence-corrected chi connectivity index (χ2v) is 9.83. The second kappa shape index (κ2) is 7.29. The molecule has 1 unspecified atom stereocenters. The van der Waals surface area contributed by atoms with Gasteiger partial charge in [-0.1, -0.05) is 19.3 Å². The van der Waals surface area contributed by atoms with Crippen molar-refractivity contribution in [1.82, 2.24) is 4.72 Å². The molecule has 8 heteroatoms. The van der Waals surface area contributed by atoms with Gasteiger partial charge in [-0.25, -0.2) is 21.6 Å². The molecular formula is C15H24N2O4S2. The van der Waals surface area contributed by atoms with Gasteiger partial charge in [-0.05, 0) is 43.0 Å². The third-order valence-electron chi connectivity index (χ3n) is 4.34. The zero-order valence-corrected chi connectivity index (χ0v) is 14.9. The van der Waals surface area contributed by atoms with Crippen LogP contribution in [0, 0.1) is 5.92 Å². The van der Waals surface area contributed by atoms with Crippen molar-refractivity contribution in [1.29, 1.82) is 0 Å². The molecule has 2 rings (SSSR count). The van der Waals surface area contributed by atoms with E-state index >= 15 is 0 Å². The fourth-order valence-electron chi connectivity index (χ4n) is 3.01. The number of benzene rings is 1. The lowest BCUT2D eigenvalue weighted by Gasteiger charge is -2.29. The van der Waals surface area contributed by atoms with Gasteiger partial charge in [0.15, 0.2) is 9.84 Å². The van der Waals surface area contributed by atoms with Crippen LogP contribution in [0.5, 0.6) is 0 Å². The first-order valence-electron chi connectivity index (χ1n) is 7.76. The highest BCUT2D eigenvalue weighted by Crippen LogP contribution is 2.27. The number of hydrogen-bond acceptors (Lipinski definition) is 5. The first kappa shape index (κ1) is 18.4. The third kappa shape index (κ3) is 4.76. The van der Waals surface area contributed by atoms with Crippen LogP contribution < -0.4 is 10.5 Å². The maximum Gasteiger partial charge on any atom is 0.240 e. The highest BCUT2D eigenvalue weighted by Gasteiger charge is 2.27. The average Bonchev–Trinajstić information content (AvgIpc) is 2.53. The van der Waals surface area contributed by atoms with Gasteiger partial charge in [-0.3, -0.25) is 0 Å². The summed E-state index contributed by atoms with van der Waals surface area (Å²) in [7, 11) is -7.05. The van der Waals surface area contributed by atoms with Crippen LogP contribution in [-0.2, 0) is 19.9 Å². The summed E-state index contributed by atoms with van der Waals surface area (Å²) in [6.07, 6.45) is 6.45. The van der Waals surface area contributed by atoms with Crippen molar-refractivity contribution in [3.8, 4) is 0 Å². The van der Waals surface area contributed by atoms with Crippen molar-refractivity contribution in [2.75, 3.05) is 12.8 Å². The van der Waals surface area contributed by atoms with Gasteiger partial charge in [0.2, 0.25) is 10.0 Å². The Bertz CT molecular complexity index is 721. The van der Waals surface area contributed by atoms with Gasteiger partial charge in [-0.2, -0.15) is 0 Å². The highest BCUT2D eigenvalue weighted by molar-refractivity contribution is 7.90. The highest BCUT2D eigenvalue weighted by atomic mass is 32.2. The lowest BCUT2D eigenvalue weighted by molar-refractivity contribution is 0.294. The molecule has 3 N–H and O–H groups in total. The molecule has 0 amide bonds. The average molecular weight is 361 g/mol. The summed E-state index contributed by atoms with van der Waals surface area (Å²) in [5.74, 6) is 0.263. The standard InChI is InChI=1S/C15H24N2O4S2/c1-22(18,19)13-7-9-14(10-8-13)23(20,21)17-15(11-16)12-5-3-2-4-6-12/h7-10,12,15,17H,2-6,11,16H2,1H3. The first-order chi connectivity index (χ1) is 10.7. The number of sulfonamides is 1. The molecule has 1 aromatic rings. The van der Waals surface area contributed by atoms with Crippen LogP contribution in [0.25, 0.3) is 0 Å². The number of rotatable bonds is 6. The lowest BCUT2D eigenvalue weighted by Crippen LogP contribution is -2.45. The van der Waals surface area contributed by atoms with Gasteiger partial charge in [0, 0.05) is 18.8 Å². The molecule has 1 aliphatic rings. The van der Waals surface area contributed by atoms with E-state index in [0.717, 1.165) is 31.9 Å². The Morgan fingerprint density at radius 3 is 2.04 bits per heavy atom. The van der Waals surface area contributed by atoms with E-state index < -0.39 is 19.9 Å². The summed E-state index contributed by atoms with van der Waals surface area (Å²) in [5.41, 5.74) is 5.76. The maximum absolute atomic E-state index is 12.5. The summed E-state index contributed by atoms with van der Waals surface area (Å²) >= 11 is 0. The van der Waals surface area contributed by atoms with E-state index in [1.165, 1.54) is 30.7 Å². The molecule has 0 heterocycles. The fraction of sp³-hybridized carbons (Fsp3) is 0.600. The Morgan fingerprint density at radius 2 is 1.57 bits per heavy atom.